The summed E-state index contributed by atoms with van der Waals surface area (Å²) in [7, 11) is -3.01. The number of benzene rings is 1. The summed E-state index contributed by atoms with van der Waals surface area (Å²) in [5.74, 6) is 0.956. The van der Waals surface area contributed by atoms with Gasteiger partial charge in [0.15, 0.2) is 9.84 Å². The molecule has 0 saturated heterocycles. The Morgan fingerprint density at radius 2 is 1.90 bits per heavy atom. The van der Waals surface area contributed by atoms with E-state index in [0.29, 0.717) is 11.7 Å². The summed E-state index contributed by atoms with van der Waals surface area (Å²) in [5, 5.41) is 3.34. The number of hydrogen-bond donors (Lipinski definition) is 1. The van der Waals surface area contributed by atoms with Crippen LogP contribution in [0.4, 0.5) is 0 Å². The van der Waals surface area contributed by atoms with Crippen LogP contribution in [-0.2, 0) is 9.84 Å². The molecule has 0 aromatic heterocycles. The minimum atomic E-state index is -3.01. The van der Waals surface area contributed by atoms with Crippen molar-refractivity contribution < 1.29 is 8.42 Å². The van der Waals surface area contributed by atoms with Gasteiger partial charge in [-0.3, -0.25) is 0 Å². The van der Waals surface area contributed by atoms with Crippen LogP contribution in [0, 0.1) is 12.8 Å². The Morgan fingerprint density at radius 1 is 1.24 bits per heavy atom. The van der Waals surface area contributed by atoms with Crippen molar-refractivity contribution in [1.82, 2.24) is 5.32 Å². The minimum Gasteiger partial charge on any atom is -0.309 e. The zero-order valence-corrected chi connectivity index (χ0v) is 14.0. The molecule has 1 unspecified atom stereocenters. The molecule has 1 fully saturated rings. The molecule has 2 rings (SSSR count). The molecular formula is C17H27NO2S. The van der Waals surface area contributed by atoms with E-state index in [-0.39, 0.29) is 11.8 Å². The highest BCUT2D eigenvalue weighted by Crippen LogP contribution is 2.27. The Labute approximate surface area is 129 Å². The molecule has 0 amide bonds. The topological polar surface area (TPSA) is 46.2 Å². The summed E-state index contributed by atoms with van der Waals surface area (Å²) in [6.07, 6.45) is 4.54. The van der Waals surface area contributed by atoms with Gasteiger partial charge in [-0.15, -0.1) is 0 Å². The highest BCUT2D eigenvalue weighted by atomic mass is 32.2. The van der Waals surface area contributed by atoms with Crippen molar-refractivity contribution in [1.29, 1.82) is 0 Å². The van der Waals surface area contributed by atoms with Crippen molar-refractivity contribution in [2.75, 3.05) is 18.1 Å². The van der Waals surface area contributed by atoms with Crippen molar-refractivity contribution in [2.45, 2.75) is 45.6 Å². The Hall–Kier alpha value is -0.870. The van der Waals surface area contributed by atoms with E-state index in [1.807, 2.05) is 38.1 Å². The van der Waals surface area contributed by atoms with Gasteiger partial charge >= 0.3 is 0 Å². The Balaban J connectivity index is 2.10. The fourth-order valence-electron chi connectivity index (χ4n) is 3.34. The molecule has 1 aromatic rings. The second-order valence-corrected chi connectivity index (χ2v) is 8.35. The van der Waals surface area contributed by atoms with Gasteiger partial charge in [-0.2, -0.15) is 0 Å². The third kappa shape index (κ3) is 4.82. The average molecular weight is 309 g/mol. The third-order valence-corrected chi connectivity index (χ3v) is 6.22. The molecule has 1 aliphatic rings. The SMILES string of the molecule is CCNC(CS(=O)(=O)CC1CCCC1)c1ccccc1C. The van der Waals surface area contributed by atoms with E-state index >= 15 is 0 Å². The maximum atomic E-state index is 12.5. The summed E-state index contributed by atoms with van der Waals surface area (Å²) in [6.45, 7) is 4.84. The number of hydrogen-bond acceptors (Lipinski definition) is 3. The summed E-state index contributed by atoms with van der Waals surface area (Å²) < 4.78 is 25.0. The summed E-state index contributed by atoms with van der Waals surface area (Å²) in [6, 6.07) is 7.96. The molecule has 3 nitrogen and oxygen atoms in total. The lowest BCUT2D eigenvalue weighted by Crippen LogP contribution is -2.31. The van der Waals surface area contributed by atoms with Crippen LogP contribution in [0.15, 0.2) is 24.3 Å². The maximum absolute atomic E-state index is 12.5. The van der Waals surface area contributed by atoms with Gasteiger partial charge in [0.25, 0.3) is 0 Å². The van der Waals surface area contributed by atoms with Gasteiger partial charge < -0.3 is 5.32 Å². The lowest BCUT2D eigenvalue weighted by atomic mass is 10.0. The van der Waals surface area contributed by atoms with E-state index < -0.39 is 9.84 Å². The number of sulfone groups is 1. The van der Waals surface area contributed by atoms with Crippen molar-refractivity contribution >= 4 is 9.84 Å². The number of nitrogens with one attached hydrogen (secondary N) is 1. The zero-order chi connectivity index (χ0) is 15.3. The highest BCUT2D eigenvalue weighted by Gasteiger charge is 2.26. The van der Waals surface area contributed by atoms with Gasteiger partial charge in [0.2, 0.25) is 0 Å². The molecule has 21 heavy (non-hydrogen) atoms. The number of rotatable bonds is 7. The van der Waals surface area contributed by atoms with Crippen molar-refractivity contribution in [3.8, 4) is 0 Å². The van der Waals surface area contributed by atoms with E-state index in [1.165, 1.54) is 12.8 Å². The van der Waals surface area contributed by atoms with Crippen LogP contribution in [0.5, 0.6) is 0 Å². The van der Waals surface area contributed by atoms with Crippen LogP contribution in [0.1, 0.15) is 49.8 Å². The summed E-state index contributed by atoms with van der Waals surface area (Å²) >= 11 is 0. The van der Waals surface area contributed by atoms with Crippen LogP contribution in [0.2, 0.25) is 0 Å². The van der Waals surface area contributed by atoms with Crippen LogP contribution >= 0.6 is 0 Å². The van der Waals surface area contributed by atoms with Crippen molar-refractivity contribution in [2.24, 2.45) is 5.92 Å². The first-order chi connectivity index (χ1) is 10.0. The molecule has 0 heterocycles. The quantitative estimate of drug-likeness (QED) is 0.841. The molecular weight excluding hydrogens is 282 g/mol. The van der Waals surface area contributed by atoms with E-state index in [2.05, 4.69) is 5.32 Å². The Bertz CT molecular complexity index is 548. The molecule has 118 valence electrons. The lowest BCUT2D eigenvalue weighted by molar-refractivity contribution is 0.537. The first-order valence-electron chi connectivity index (χ1n) is 8.01. The molecule has 1 aromatic carbocycles. The van der Waals surface area contributed by atoms with Gasteiger partial charge in [0.1, 0.15) is 0 Å². The first kappa shape index (κ1) is 16.5. The van der Waals surface area contributed by atoms with Crippen molar-refractivity contribution in [3.05, 3.63) is 35.4 Å². The Morgan fingerprint density at radius 3 is 2.52 bits per heavy atom. The van der Waals surface area contributed by atoms with Gasteiger partial charge in [0, 0.05) is 6.04 Å². The average Bonchev–Trinajstić information content (AvgIpc) is 2.90. The lowest BCUT2D eigenvalue weighted by Gasteiger charge is -2.21. The van der Waals surface area contributed by atoms with E-state index in [0.717, 1.165) is 30.5 Å². The van der Waals surface area contributed by atoms with Gasteiger partial charge in [-0.1, -0.05) is 44.0 Å². The molecule has 1 saturated carbocycles. The zero-order valence-electron chi connectivity index (χ0n) is 13.1. The highest BCUT2D eigenvalue weighted by molar-refractivity contribution is 7.91. The molecule has 1 atom stereocenters. The third-order valence-electron chi connectivity index (χ3n) is 4.40. The molecule has 0 bridgehead atoms. The molecule has 1 N–H and O–H groups in total. The van der Waals surface area contributed by atoms with Crippen LogP contribution in [0.3, 0.4) is 0 Å². The molecule has 1 aliphatic carbocycles. The second kappa shape index (κ2) is 7.41. The smallest absolute Gasteiger partial charge is 0.152 e. The van der Waals surface area contributed by atoms with Gasteiger partial charge in [-0.05, 0) is 43.4 Å². The normalized spacial score (nSPS) is 18.0. The molecule has 0 radical (unpaired) electrons. The van der Waals surface area contributed by atoms with Crippen LogP contribution in [-0.4, -0.2) is 26.5 Å². The predicted molar refractivity (Wildman–Crippen MR) is 88.2 cm³/mol. The summed E-state index contributed by atoms with van der Waals surface area (Å²) in [4.78, 5) is 0. The largest absolute Gasteiger partial charge is 0.309 e. The molecule has 4 heteroatoms. The van der Waals surface area contributed by atoms with E-state index in [4.69, 9.17) is 0 Å². The Kier molecular flexibility index (Phi) is 5.82. The predicted octanol–water partition coefficient (Wildman–Crippen LogP) is 3.25. The minimum absolute atomic E-state index is 0.0948. The van der Waals surface area contributed by atoms with Gasteiger partial charge in [0.05, 0.1) is 11.5 Å². The van der Waals surface area contributed by atoms with Crippen LogP contribution in [0.25, 0.3) is 0 Å². The fourth-order valence-corrected chi connectivity index (χ4v) is 5.33. The molecule has 0 aliphatic heterocycles. The number of aryl methyl sites for hydroxylation is 1. The van der Waals surface area contributed by atoms with E-state index in [1.54, 1.807) is 0 Å². The fraction of sp³-hybridized carbons (Fsp3) is 0.647. The maximum Gasteiger partial charge on any atom is 0.152 e. The second-order valence-electron chi connectivity index (χ2n) is 6.19. The van der Waals surface area contributed by atoms with Crippen molar-refractivity contribution in [3.63, 3.8) is 0 Å². The molecule has 0 spiro atoms. The van der Waals surface area contributed by atoms with E-state index in [9.17, 15) is 8.42 Å². The summed E-state index contributed by atoms with van der Waals surface area (Å²) in [5.41, 5.74) is 2.26. The standard InChI is InChI=1S/C17H27NO2S/c1-3-18-17(16-11-7-4-8-14(16)2)13-21(19,20)12-15-9-5-6-10-15/h4,7-8,11,15,17-18H,3,5-6,9-10,12-13H2,1-2H3. The monoisotopic (exact) mass is 309 g/mol. The van der Waals surface area contributed by atoms with Gasteiger partial charge in [-0.25, -0.2) is 8.42 Å². The first-order valence-corrected chi connectivity index (χ1v) is 9.83. The van der Waals surface area contributed by atoms with Crippen LogP contribution < -0.4 is 5.32 Å².